The Labute approximate surface area is 131 Å². The van der Waals surface area contributed by atoms with Gasteiger partial charge in [0.25, 0.3) is 0 Å². The number of rotatable bonds is 4. The van der Waals surface area contributed by atoms with Gasteiger partial charge >= 0.3 is 0 Å². The maximum atomic E-state index is 6.31. The highest BCUT2D eigenvalue weighted by Gasteiger charge is 2.43. The Hall–Kier alpha value is -0.0800. The molecule has 3 atom stereocenters. The molecule has 3 aliphatic rings. The molecule has 3 rings (SSSR count). The Morgan fingerprint density at radius 3 is 2.62 bits per heavy atom. The van der Waals surface area contributed by atoms with Crippen LogP contribution in [0.15, 0.2) is 0 Å². The molecule has 3 fully saturated rings. The Bertz CT molecular complexity index is 316. The van der Waals surface area contributed by atoms with Crippen LogP contribution < -0.4 is 5.32 Å². The predicted octanol–water partition coefficient (Wildman–Crippen LogP) is 4.53. The number of hydrogen-bond acceptors (Lipinski definition) is 2. The number of hydrogen-bond donors (Lipinski definition) is 1. The van der Waals surface area contributed by atoms with Gasteiger partial charge in [0.05, 0.1) is 5.60 Å². The zero-order valence-electron chi connectivity index (χ0n) is 14.2. The first-order valence-corrected chi connectivity index (χ1v) is 9.56. The first-order chi connectivity index (χ1) is 10.2. The SMILES string of the molecule is CC(C)NCC1CCCC1C1CCOC2(CCCCC2)C1. The van der Waals surface area contributed by atoms with E-state index >= 15 is 0 Å². The van der Waals surface area contributed by atoms with Crippen LogP contribution in [0.4, 0.5) is 0 Å². The molecular formula is C19H35NO. The van der Waals surface area contributed by atoms with Crippen molar-refractivity contribution in [1.29, 1.82) is 0 Å². The Balaban J connectivity index is 1.59. The predicted molar refractivity (Wildman–Crippen MR) is 88.5 cm³/mol. The summed E-state index contributed by atoms with van der Waals surface area (Å²) in [5.74, 6) is 2.84. The molecule has 2 aliphatic carbocycles. The number of ether oxygens (including phenoxy) is 1. The van der Waals surface area contributed by atoms with Gasteiger partial charge in [-0.2, -0.15) is 0 Å². The van der Waals surface area contributed by atoms with E-state index in [0.717, 1.165) is 24.4 Å². The first-order valence-electron chi connectivity index (χ1n) is 9.56. The maximum Gasteiger partial charge on any atom is 0.0685 e. The van der Waals surface area contributed by atoms with E-state index in [2.05, 4.69) is 19.2 Å². The van der Waals surface area contributed by atoms with Gasteiger partial charge in [0.15, 0.2) is 0 Å². The van der Waals surface area contributed by atoms with Gasteiger partial charge in [-0.3, -0.25) is 0 Å². The summed E-state index contributed by atoms with van der Waals surface area (Å²) in [5.41, 5.74) is 0.291. The Morgan fingerprint density at radius 2 is 1.86 bits per heavy atom. The highest BCUT2D eigenvalue weighted by Crippen LogP contribution is 2.47. The van der Waals surface area contributed by atoms with Crippen molar-refractivity contribution in [3.05, 3.63) is 0 Å². The van der Waals surface area contributed by atoms with Gasteiger partial charge in [-0.05, 0) is 62.8 Å². The number of nitrogens with one attached hydrogen (secondary N) is 1. The largest absolute Gasteiger partial charge is 0.375 e. The lowest BCUT2D eigenvalue weighted by atomic mass is 9.70. The molecule has 1 aliphatic heterocycles. The van der Waals surface area contributed by atoms with Crippen molar-refractivity contribution in [2.75, 3.05) is 13.2 Å². The summed E-state index contributed by atoms with van der Waals surface area (Å²) in [6.45, 7) is 6.82. The lowest BCUT2D eigenvalue weighted by molar-refractivity contribution is -0.127. The minimum atomic E-state index is 0.291. The standard InChI is InChI=1S/C19H35NO/c1-15(2)20-14-17-7-6-8-18(17)16-9-12-21-19(13-16)10-4-3-5-11-19/h15-18,20H,3-14H2,1-2H3. The van der Waals surface area contributed by atoms with E-state index in [1.54, 1.807) is 0 Å². The second kappa shape index (κ2) is 7.00. The van der Waals surface area contributed by atoms with Crippen molar-refractivity contribution in [3.8, 4) is 0 Å². The molecule has 122 valence electrons. The van der Waals surface area contributed by atoms with Crippen molar-refractivity contribution in [3.63, 3.8) is 0 Å². The molecule has 21 heavy (non-hydrogen) atoms. The van der Waals surface area contributed by atoms with E-state index in [4.69, 9.17) is 4.74 Å². The van der Waals surface area contributed by atoms with Crippen LogP contribution in [0.25, 0.3) is 0 Å². The lowest BCUT2D eigenvalue weighted by Gasteiger charge is -2.46. The van der Waals surface area contributed by atoms with Crippen LogP contribution in [0, 0.1) is 17.8 Å². The maximum absolute atomic E-state index is 6.31. The first kappa shape index (κ1) is 15.8. The molecule has 1 saturated heterocycles. The zero-order valence-corrected chi connectivity index (χ0v) is 14.2. The van der Waals surface area contributed by atoms with Crippen LogP contribution >= 0.6 is 0 Å². The van der Waals surface area contributed by atoms with Gasteiger partial charge in [0, 0.05) is 12.6 Å². The second-order valence-electron chi connectivity index (χ2n) is 8.26. The molecule has 1 spiro atoms. The van der Waals surface area contributed by atoms with Gasteiger partial charge in [0.2, 0.25) is 0 Å². The quantitative estimate of drug-likeness (QED) is 0.822. The summed E-state index contributed by atoms with van der Waals surface area (Å²) in [5, 5.41) is 3.70. The van der Waals surface area contributed by atoms with E-state index < -0.39 is 0 Å². The molecule has 0 bridgehead atoms. The van der Waals surface area contributed by atoms with E-state index in [1.807, 2.05) is 0 Å². The summed E-state index contributed by atoms with van der Waals surface area (Å²) < 4.78 is 6.31. The molecule has 3 unspecified atom stereocenters. The van der Waals surface area contributed by atoms with Gasteiger partial charge in [-0.1, -0.05) is 39.5 Å². The van der Waals surface area contributed by atoms with Gasteiger partial charge < -0.3 is 10.1 Å². The van der Waals surface area contributed by atoms with Crippen LogP contribution in [0.3, 0.4) is 0 Å². The van der Waals surface area contributed by atoms with Crippen LogP contribution in [-0.4, -0.2) is 24.8 Å². The molecule has 1 N–H and O–H groups in total. The normalized spacial score (nSPS) is 36.4. The summed E-state index contributed by atoms with van der Waals surface area (Å²) in [7, 11) is 0. The molecule has 2 saturated carbocycles. The smallest absolute Gasteiger partial charge is 0.0685 e. The van der Waals surface area contributed by atoms with Gasteiger partial charge in [-0.25, -0.2) is 0 Å². The zero-order chi connectivity index (χ0) is 14.7. The van der Waals surface area contributed by atoms with Crippen LogP contribution in [0.1, 0.15) is 78.1 Å². The van der Waals surface area contributed by atoms with Crippen molar-refractivity contribution in [2.24, 2.45) is 17.8 Å². The van der Waals surface area contributed by atoms with E-state index in [9.17, 15) is 0 Å². The minimum absolute atomic E-state index is 0.291. The van der Waals surface area contributed by atoms with Crippen LogP contribution in [0.5, 0.6) is 0 Å². The van der Waals surface area contributed by atoms with Crippen LogP contribution in [0.2, 0.25) is 0 Å². The molecule has 0 aromatic heterocycles. The topological polar surface area (TPSA) is 21.3 Å². The molecule has 2 heteroatoms. The highest BCUT2D eigenvalue weighted by atomic mass is 16.5. The van der Waals surface area contributed by atoms with Crippen molar-refractivity contribution in [2.45, 2.75) is 89.7 Å². The van der Waals surface area contributed by atoms with E-state index in [-0.39, 0.29) is 0 Å². The third-order valence-electron chi connectivity index (χ3n) is 6.41. The molecule has 1 heterocycles. The molecule has 0 radical (unpaired) electrons. The fourth-order valence-corrected chi connectivity index (χ4v) is 5.30. The minimum Gasteiger partial charge on any atom is -0.375 e. The monoisotopic (exact) mass is 293 g/mol. The van der Waals surface area contributed by atoms with E-state index in [0.29, 0.717) is 11.6 Å². The Kier molecular flexibility index (Phi) is 5.27. The molecular weight excluding hydrogens is 258 g/mol. The molecule has 0 aromatic carbocycles. The van der Waals surface area contributed by atoms with Crippen molar-refractivity contribution >= 4 is 0 Å². The summed E-state index contributed by atoms with van der Waals surface area (Å²) in [4.78, 5) is 0. The average molecular weight is 293 g/mol. The molecule has 0 amide bonds. The summed E-state index contributed by atoms with van der Waals surface area (Å²) >= 11 is 0. The van der Waals surface area contributed by atoms with Crippen LogP contribution in [-0.2, 0) is 4.74 Å². The molecule has 0 aromatic rings. The molecule has 2 nitrogen and oxygen atoms in total. The van der Waals surface area contributed by atoms with E-state index in [1.165, 1.54) is 70.8 Å². The third kappa shape index (κ3) is 3.82. The van der Waals surface area contributed by atoms with Crippen molar-refractivity contribution in [1.82, 2.24) is 5.32 Å². The summed E-state index contributed by atoms with van der Waals surface area (Å²) in [6, 6.07) is 0.630. The fraction of sp³-hybridized carbons (Fsp3) is 1.00. The van der Waals surface area contributed by atoms with Crippen molar-refractivity contribution < 1.29 is 4.74 Å². The third-order valence-corrected chi connectivity index (χ3v) is 6.41. The fourth-order valence-electron chi connectivity index (χ4n) is 5.30. The van der Waals surface area contributed by atoms with Gasteiger partial charge in [-0.15, -0.1) is 0 Å². The van der Waals surface area contributed by atoms with Gasteiger partial charge in [0.1, 0.15) is 0 Å². The average Bonchev–Trinajstić information content (AvgIpc) is 2.94. The Morgan fingerprint density at radius 1 is 1.05 bits per heavy atom. The highest BCUT2D eigenvalue weighted by molar-refractivity contribution is 4.94. The second-order valence-corrected chi connectivity index (χ2v) is 8.26. The summed E-state index contributed by atoms with van der Waals surface area (Å²) in [6.07, 6.45) is 14.0. The lowest BCUT2D eigenvalue weighted by Crippen LogP contribution is -2.44.